The van der Waals surface area contributed by atoms with Crippen molar-refractivity contribution >= 4 is 11.3 Å². The molecule has 1 nitrogen and oxygen atoms in total. The van der Waals surface area contributed by atoms with Crippen molar-refractivity contribution in [3.05, 3.63) is 41.4 Å². The molecule has 0 fully saturated rings. The Kier molecular flexibility index (Phi) is 3.63. The summed E-state index contributed by atoms with van der Waals surface area (Å²) in [5.41, 5.74) is 2.69. The van der Waals surface area contributed by atoms with Crippen LogP contribution in [0.1, 0.15) is 39.3 Å². The maximum absolute atomic E-state index is 4.81. The minimum Gasteiger partial charge on any atom is -0.241 e. The van der Waals surface area contributed by atoms with Gasteiger partial charge in [-0.1, -0.05) is 51.1 Å². The minimum absolute atomic E-state index is 0.226. The van der Waals surface area contributed by atoms with E-state index in [1.165, 1.54) is 11.3 Å². The molecular weight excluding hydrogens is 226 g/mol. The first kappa shape index (κ1) is 12.3. The molecule has 0 saturated carbocycles. The second-order valence-corrected chi connectivity index (χ2v) is 5.53. The minimum atomic E-state index is 0.226. The highest BCUT2D eigenvalue weighted by Gasteiger charge is 2.25. The van der Waals surface area contributed by atoms with Crippen LogP contribution in [0.2, 0.25) is 0 Å². The lowest BCUT2D eigenvalue weighted by molar-refractivity contribution is 0.428. The van der Waals surface area contributed by atoms with Crippen molar-refractivity contribution in [3.63, 3.8) is 0 Å². The van der Waals surface area contributed by atoms with Crippen LogP contribution in [0.4, 0.5) is 0 Å². The summed E-state index contributed by atoms with van der Waals surface area (Å²) in [4.78, 5) is 4.81. The lowest BCUT2D eigenvalue weighted by atomic mass is 9.82. The SMILES string of the molecule is CCC(C)(CC)c1csc(-c2ccccc2)n1. The van der Waals surface area contributed by atoms with Gasteiger partial charge in [0.2, 0.25) is 0 Å². The van der Waals surface area contributed by atoms with Crippen LogP contribution < -0.4 is 0 Å². The molecule has 1 heterocycles. The molecule has 2 aromatic rings. The summed E-state index contributed by atoms with van der Waals surface area (Å²) in [7, 11) is 0. The Hall–Kier alpha value is -1.15. The predicted molar refractivity (Wildman–Crippen MR) is 75.5 cm³/mol. The zero-order valence-electron chi connectivity index (χ0n) is 10.7. The molecule has 0 aliphatic carbocycles. The average molecular weight is 245 g/mol. The van der Waals surface area contributed by atoms with Crippen LogP contribution in [-0.4, -0.2) is 4.98 Å². The van der Waals surface area contributed by atoms with E-state index in [0.717, 1.165) is 17.8 Å². The van der Waals surface area contributed by atoms with Crippen molar-refractivity contribution < 1.29 is 0 Å². The fourth-order valence-corrected chi connectivity index (χ4v) is 2.86. The standard InChI is InChI=1S/C15H19NS/c1-4-15(3,5-2)13-11-17-14(16-13)12-9-7-6-8-10-12/h6-11H,4-5H2,1-3H3. The summed E-state index contributed by atoms with van der Waals surface area (Å²) < 4.78 is 0. The third-order valence-corrected chi connectivity index (χ3v) is 4.60. The first-order valence-electron chi connectivity index (χ1n) is 6.21. The Labute approximate surface area is 108 Å². The number of aromatic nitrogens is 1. The molecule has 0 N–H and O–H groups in total. The number of thiazole rings is 1. The van der Waals surface area contributed by atoms with Crippen molar-refractivity contribution in [2.24, 2.45) is 0 Å². The summed E-state index contributed by atoms with van der Waals surface area (Å²) in [6.07, 6.45) is 2.28. The molecule has 0 radical (unpaired) electrons. The van der Waals surface area contributed by atoms with E-state index in [2.05, 4.69) is 50.4 Å². The molecule has 0 aliphatic heterocycles. The third-order valence-electron chi connectivity index (χ3n) is 3.70. The Morgan fingerprint density at radius 2 is 1.76 bits per heavy atom. The van der Waals surface area contributed by atoms with Crippen molar-refractivity contribution in [2.75, 3.05) is 0 Å². The molecule has 0 atom stereocenters. The fourth-order valence-electron chi connectivity index (χ4n) is 1.88. The van der Waals surface area contributed by atoms with Gasteiger partial charge < -0.3 is 0 Å². The van der Waals surface area contributed by atoms with Crippen molar-refractivity contribution in [1.29, 1.82) is 0 Å². The van der Waals surface area contributed by atoms with Crippen molar-refractivity contribution in [2.45, 2.75) is 39.0 Å². The van der Waals surface area contributed by atoms with Gasteiger partial charge in [0.1, 0.15) is 5.01 Å². The van der Waals surface area contributed by atoms with Gasteiger partial charge in [-0.3, -0.25) is 0 Å². The Bertz CT molecular complexity index is 469. The Morgan fingerprint density at radius 3 is 2.35 bits per heavy atom. The van der Waals surface area contributed by atoms with Gasteiger partial charge in [-0.15, -0.1) is 11.3 Å². The molecule has 2 rings (SSSR count). The fraction of sp³-hybridized carbons (Fsp3) is 0.400. The van der Waals surface area contributed by atoms with Crippen LogP contribution in [-0.2, 0) is 5.41 Å². The van der Waals surface area contributed by atoms with Crippen LogP contribution in [0.15, 0.2) is 35.7 Å². The lowest BCUT2D eigenvalue weighted by Crippen LogP contribution is -2.19. The van der Waals surface area contributed by atoms with Gasteiger partial charge in [-0.2, -0.15) is 0 Å². The molecule has 2 heteroatoms. The molecule has 0 spiro atoms. The van der Waals surface area contributed by atoms with E-state index < -0.39 is 0 Å². The molecule has 0 saturated heterocycles. The largest absolute Gasteiger partial charge is 0.241 e. The van der Waals surface area contributed by atoms with E-state index in [1.807, 2.05) is 6.07 Å². The average Bonchev–Trinajstić information content (AvgIpc) is 2.89. The van der Waals surface area contributed by atoms with E-state index in [4.69, 9.17) is 4.98 Å². The predicted octanol–water partition coefficient (Wildman–Crippen LogP) is 4.89. The Balaban J connectivity index is 2.34. The van der Waals surface area contributed by atoms with Gasteiger partial charge in [-0.25, -0.2) is 4.98 Å². The van der Waals surface area contributed by atoms with Crippen molar-refractivity contribution in [3.8, 4) is 10.6 Å². The highest BCUT2D eigenvalue weighted by atomic mass is 32.1. The maximum atomic E-state index is 4.81. The van der Waals surface area contributed by atoms with Gasteiger partial charge >= 0.3 is 0 Å². The Morgan fingerprint density at radius 1 is 1.12 bits per heavy atom. The smallest absolute Gasteiger partial charge is 0.123 e. The summed E-state index contributed by atoms with van der Waals surface area (Å²) in [5.74, 6) is 0. The third kappa shape index (κ3) is 2.42. The molecule has 0 unspecified atom stereocenters. The summed E-state index contributed by atoms with van der Waals surface area (Å²) in [6, 6.07) is 10.4. The van der Waals surface area contributed by atoms with Crippen LogP contribution in [0.5, 0.6) is 0 Å². The monoisotopic (exact) mass is 245 g/mol. The molecule has 17 heavy (non-hydrogen) atoms. The normalized spacial score (nSPS) is 11.7. The summed E-state index contributed by atoms with van der Waals surface area (Å²) in [6.45, 7) is 6.78. The van der Waals surface area contributed by atoms with Crippen LogP contribution in [0.25, 0.3) is 10.6 Å². The second kappa shape index (κ2) is 5.01. The number of benzene rings is 1. The lowest BCUT2D eigenvalue weighted by Gasteiger charge is -2.24. The first-order chi connectivity index (χ1) is 8.19. The molecule has 0 amide bonds. The maximum Gasteiger partial charge on any atom is 0.123 e. The van der Waals surface area contributed by atoms with Gasteiger partial charge in [0.25, 0.3) is 0 Å². The van der Waals surface area contributed by atoms with Crippen LogP contribution in [0, 0.1) is 0 Å². The summed E-state index contributed by atoms with van der Waals surface area (Å²) >= 11 is 1.75. The first-order valence-corrected chi connectivity index (χ1v) is 7.09. The van der Waals surface area contributed by atoms with E-state index >= 15 is 0 Å². The van der Waals surface area contributed by atoms with Crippen molar-refractivity contribution in [1.82, 2.24) is 4.98 Å². The topological polar surface area (TPSA) is 12.9 Å². The number of nitrogens with zero attached hydrogens (tertiary/aromatic N) is 1. The van der Waals surface area contributed by atoms with E-state index in [1.54, 1.807) is 11.3 Å². The van der Waals surface area contributed by atoms with Crippen LogP contribution >= 0.6 is 11.3 Å². The molecule has 1 aromatic carbocycles. The number of rotatable bonds is 4. The highest BCUT2D eigenvalue weighted by Crippen LogP contribution is 2.34. The quantitative estimate of drug-likeness (QED) is 0.747. The number of hydrogen-bond acceptors (Lipinski definition) is 2. The van der Waals surface area contributed by atoms with E-state index in [0.29, 0.717) is 0 Å². The number of hydrogen-bond donors (Lipinski definition) is 0. The zero-order chi connectivity index (χ0) is 12.3. The van der Waals surface area contributed by atoms with Gasteiger partial charge in [0.05, 0.1) is 5.69 Å². The molecule has 1 aromatic heterocycles. The van der Waals surface area contributed by atoms with Crippen LogP contribution in [0.3, 0.4) is 0 Å². The van der Waals surface area contributed by atoms with Gasteiger partial charge in [0, 0.05) is 16.4 Å². The molecule has 90 valence electrons. The van der Waals surface area contributed by atoms with Gasteiger partial charge in [0.15, 0.2) is 0 Å². The molecule has 0 bridgehead atoms. The summed E-state index contributed by atoms with van der Waals surface area (Å²) in [5, 5.41) is 3.35. The second-order valence-electron chi connectivity index (χ2n) is 4.67. The van der Waals surface area contributed by atoms with E-state index in [-0.39, 0.29) is 5.41 Å². The molecule has 0 aliphatic rings. The van der Waals surface area contributed by atoms with Gasteiger partial charge in [-0.05, 0) is 12.8 Å². The molecular formula is C15H19NS. The highest BCUT2D eigenvalue weighted by molar-refractivity contribution is 7.13. The van der Waals surface area contributed by atoms with E-state index in [9.17, 15) is 0 Å². The zero-order valence-corrected chi connectivity index (χ0v) is 11.6.